The molecular formula is C15H21N3O8S. The third kappa shape index (κ3) is 6.83. The molecule has 0 aliphatic heterocycles. The highest BCUT2D eigenvalue weighted by Crippen LogP contribution is 2.29. The number of hydrogen-bond donors (Lipinski definition) is 1. The monoisotopic (exact) mass is 403 g/mol. The zero-order valence-electron chi connectivity index (χ0n) is 15.3. The van der Waals surface area contributed by atoms with Crippen LogP contribution < -0.4 is 9.62 Å². The Morgan fingerprint density at radius 2 is 1.89 bits per heavy atom. The van der Waals surface area contributed by atoms with Gasteiger partial charge in [-0.25, -0.2) is 13.2 Å². The van der Waals surface area contributed by atoms with Crippen LogP contribution in [-0.4, -0.2) is 58.6 Å². The van der Waals surface area contributed by atoms with E-state index in [9.17, 15) is 28.1 Å². The summed E-state index contributed by atoms with van der Waals surface area (Å²) in [6.07, 6.45) is -0.379. The average molecular weight is 403 g/mol. The van der Waals surface area contributed by atoms with E-state index in [0.29, 0.717) is 0 Å². The van der Waals surface area contributed by atoms with Crippen molar-refractivity contribution in [1.29, 1.82) is 0 Å². The zero-order valence-corrected chi connectivity index (χ0v) is 16.1. The molecule has 0 spiro atoms. The van der Waals surface area contributed by atoms with Crippen LogP contribution in [0.25, 0.3) is 0 Å². The summed E-state index contributed by atoms with van der Waals surface area (Å²) in [5, 5.41) is 11.1. The van der Waals surface area contributed by atoms with Gasteiger partial charge in [0.25, 0.3) is 5.69 Å². The molecule has 0 heterocycles. The first-order chi connectivity index (χ1) is 12.4. The summed E-state index contributed by atoms with van der Waals surface area (Å²) in [4.78, 5) is 34.3. The zero-order chi connectivity index (χ0) is 20.8. The van der Waals surface area contributed by atoms with Gasteiger partial charge in [0.1, 0.15) is 12.2 Å². The van der Waals surface area contributed by atoms with Crippen LogP contribution in [0.15, 0.2) is 23.1 Å². The van der Waals surface area contributed by atoms with E-state index in [2.05, 4.69) is 4.74 Å². The van der Waals surface area contributed by atoms with Crippen LogP contribution in [0.4, 0.5) is 11.4 Å². The molecule has 0 saturated carbocycles. The number of nitrogens with one attached hydrogen (secondary N) is 1. The highest BCUT2D eigenvalue weighted by atomic mass is 32.2. The van der Waals surface area contributed by atoms with Gasteiger partial charge in [-0.05, 0) is 26.0 Å². The third-order valence-corrected chi connectivity index (χ3v) is 4.46. The van der Waals surface area contributed by atoms with E-state index in [4.69, 9.17) is 4.74 Å². The lowest BCUT2D eigenvalue weighted by Gasteiger charge is -2.14. The van der Waals surface area contributed by atoms with Gasteiger partial charge in [-0.15, -0.1) is 0 Å². The van der Waals surface area contributed by atoms with Crippen molar-refractivity contribution < 1.29 is 32.4 Å². The van der Waals surface area contributed by atoms with Crippen LogP contribution in [0.2, 0.25) is 0 Å². The summed E-state index contributed by atoms with van der Waals surface area (Å²) in [6.45, 7) is 1.84. The minimum absolute atomic E-state index is 0.224. The van der Waals surface area contributed by atoms with E-state index in [-0.39, 0.29) is 16.7 Å². The summed E-state index contributed by atoms with van der Waals surface area (Å²) in [6, 6.07) is 3.35. The Morgan fingerprint density at radius 1 is 1.26 bits per heavy atom. The first kappa shape index (κ1) is 22.3. The van der Waals surface area contributed by atoms with Crippen molar-refractivity contribution in [3.8, 4) is 0 Å². The van der Waals surface area contributed by atoms with Crippen LogP contribution in [0.3, 0.4) is 0 Å². The number of benzene rings is 1. The summed E-state index contributed by atoms with van der Waals surface area (Å²) in [5.41, 5.74) is -0.177. The second-order valence-electron chi connectivity index (χ2n) is 5.83. The van der Waals surface area contributed by atoms with Crippen molar-refractivity contribution in [3.63, 3.8) is 0 Å². The molecule has 0 aliphatic carbocycles. The lowest BCUT2D eigenvalue weighted by atomic mass is 10.2. The van der Waals surface area contributed by atoms with Gasteiger partial charge in [0.05, 0.1) is 15.9 Å². The molecule has 27 heavy (non-hydrogen) atoms. The molecule has 0 saturated heterocycles. The molecule has 0 unspecified atom stereocenters. The van der Waals surface area contributed by atoms with Crippen molar-refractivity contribution in [3.05, 3.63) is 28.3 Å². The maximum Gasteiger partial charge on any atom is 0.344 e. The number of hydrogen-bond acceptors (Lipinski definition) is 9. The maximum atomic E-state index is 12.2. The molecule has 0 aliphatic rings. The van der Waals surface area contributed by atoms with Gasteiger partial charge in [-0.2, -0.15) is 4.72 Å². The molecule has 1 N–H and O–H groups in total. The lowest BCUT2D eigenvalue weighted by Crippen LogP contribution is -2.32. The summed E-state index contributed by atoms with van der Waals surface area (Å²) in [5.74, 6) is -1.77. The predicted octanol–water partition coefficient (Wildman–Crippen LogP) is 0.434. The summed E-state index contributed by atoms with van der Waals surface area (Å²) < 4.78 is 35.8. The molecule has 1 aromatic rings. The molecule has 0 amide bonds. The van der Waals surface area contributed by atoms with Gasteiger partial charge < -0.3 is 14.4 Å². The first-order valence-electron chi connectivity index (χ1n) is 7.74. The first-order valence-corrected chi connectivity index (χ1v) is 9.23. The molecule has 12 heteroatoms. The standard InChI is InChI=1S/C15H21N3O8S/c1-10(2)26-15(20)9-25-14(19)8-16-27(23,24)11-5-6-12(17(3)4)13(7-11)18(21)22/h5-7,10,16H,8-9H2,1-4H3. The Kier molecular flexibility index (Phi) is 7.67. The fourth-order valence-electron chi connectivity index (χ4n) is 1.92. The molecule has 0 bridgehead atoms. The Balaban J connectivity index is 2.78. The normalized spacial score (nSPS) is 11.1. The van der Waals surface area contributed by atoms with E-state index in [0.717, 1.165) is 6.07 Å². The molecule has 1 aromatic carbocycles. The second kappa shape index (κ2) is 9.28. The topological polar surface area (TPSA) is 145 Å². The number of sulfonamides is 1. The van der Waals surface area contributed by atoms with Crippen LogP contribution >= 0.6 is 0 Å². The smallest absolute Gasteiger partial charge is 0.344 e. The van der Waals surface area contributed by atoms with Gasteiger partial charge in [0.15, 0.2) is 6.61 Å². The van der Waals surface area contributed by atoms with Crippen LogP contribution in [0, 0.1) is 10.1 Å². The quantitative estimate of drug-likeness (QED) is 0.352. The number of ether oxygens (including phenoxy) is 2. The molecule has 0 radical (unpaired) electrons. The summed E-state index contributed by atoms with van der Waals surface area (Å²) in [7, 11) is -1.04. The highest BCUT2D eigenvalue weighted by molar-refractivity contribution is 7.89. The third-order valence-electron chi connectivity index (χ3n) is 3.06. The maximum absolute atomic E-state index is 12.2. The molecule has 1 rings (SSSR count). The second-order valence-corrected chi connectivity index (χ2v) is 7.59. The van der Waals surface area contributed by atoms with E-state index in [1.165, 1.54) is 17.0 Å². The van der Waals surface area contributed by atoms with Gasteiger partial charge in [-0.3, -0.25) is 14.9 Å². The molecule has 150 valence electrons. The van der Waals surface area contributed by atoms with Gasteiger partial charge >= 0.3 is 11.9 Å². The van der Waals surface area contributed by atoms with Crippen LogP contribution in [0.5, 0.6) is 0 Å². The Labute approximate surface area is 156 Å². The Morgan fingerprint density at radius 3 is 2.41 bits per heavy atom. The number of carbonyl (C=O) groups is 2. The van der Waals surface area contributed by atoms with Crippen molar-refractivity contribution in [2.75, 3.05) is 32.1 Å². The van der Waals surface area contributed by atoms with Gasteiger partial charge in [0.2, 0.25) is 10.0 Å². The lowest BCUT2D eigenvalue weighted by molar-refractivity contribution is -0.384. The van der Waals surface area contributed by atoms with Crippen LogP contribution in [-0.2, 0) is 29.1 Å². The number of carbonyl (C=O) groups excluding carboxylic acids is 2. The fourth-order valence-corrected chi connectivity index (χ4v) is 2.91. The van der Waals surface area contributed by atoms with Crippen molar-refractivity contribution in [1.82, 2.24) is 4.72 Å². The summed E-state index contributed by atoms with van der Waals surface area (Å²) >= 11 is 0. The highest BCUT2D eigenvalue weighted by Gasteiger charge is 2.23. The number of rotatable bonds is 9. The minimum Gasteiger partial charge on any atom is -0.460 e. The molecule has 0 atom stereocenters. The van der Waals surface area contributed by atoms with Crippen molar-refractivity contribution in [2.45, 2.75) is 24.8 Å². The SMILES string of the molecule is CC(C)OC(=O)COC(=O)CNS(=O)(=O)c1ccc(N(C)C)c([N+](=O)[O-])c1. The minimum atomic E-state index is -4.20. The predicted molar refractivity (Wildman–Crippen MR) is 94.8 cm³/mol. The largest absolute Gasteiger partial charge is 0.460 e. The van der Waals surface area contributed by atoms with E-state index in [1.807, 2.05) is 4.72 Å². The van der Waals surface area contributed by atoms with Gasteiger partial charge in [0, 0.05) is 20.2 Å². The van der Waals surface area contributed by atoms with Gasteiger partial charge in [-0.1, -0.05) is 0 Å². The van der Waals surface area contributed by atoms with E-state index >= 15 is 0 Å². The van der Waals surface area contributed by atoms with Crippen molar-refractivity contribution >= 4 is 33.3 Å². The Bertz CT molecular complexity index is 820. The molecular weight excluding hydrogens is 382 g/mol. The fraction of sp³-hybridized carbons (Fsp3) is 0.467. The Hall–Kier alpha value is -2.73. The number of nitro groups is 1. The number of nitrogens with zero attached hydrogens (tertiary/aromatic N) is 2. The number of esters is 2. The number of nitro benzene ring substituents is 1. The average Bonchev–Trinajstić information content (AvgIpc) is 2.56. The van der Waals surface area contributed by atoms with E-state index in [1.54, 1.807) is 27.9 Å². The molecule has 11 nitrogen and oxygen atoms in total. The van der Waals surface area contributed by atoms with Crippen LogP contribution in [0.1, 0.15) is 13.8 Å². The molecule has 0 fully saturated rings. The van der Waals surface area contributed by atoms with E-state index < -0.39 is 45.7 Å². The number of anilines is 1. The molecule has 0 aromatic heterocycles. The van der Waals surface area contributed by atoms with Crippen molar-refractivity contribution in [2.24, 2.45) is 0 Å².